The predicted octanol–water partition coefficient (Wildman–Crippen LogP) is 3.38. The second-order valence-corrected chi connectivity index (χ2v) is 4.63. The average molecular weight is 205 g/mol. The summed E-state index contributed by atoms with van der Waals surface area (Å²) in [6.07, 6.45) is 0. The molecule has 0 radical (unpaired) electrons. The van der Waals surface area contributed by atoms with E-state index in [4.69, 9.17) is 0 Å². The van der Waals surface area contributed by atoms with E-state index >= 15 is 0 Å². The van der Waals surface area contributed by atoms with Gasteiger partial charge in [-0.3, -0.25) is 0 Å². The lowest BCUT2D eigenvalue weighted by Gasteiger charge is -2.20. The monoisotopic (exact) mass is 205 g/mol. The van der Waals surface area contributed by atoms with Crippen LogP contribution in [0.5, 0.6) is 0 Å². The van der Waals surface area contributed by atoms with E-state index in [0.717, 1.165) is 5.75 Å². The van der Waals surface area contributed by atoms with Gasteiger partial charge in [0.1, 0.15) is 0 Å². The van der Waals surface area contributed by atoms with Gasteiger partial charge in [-0.2, -0.15) is 12.6 Å². The number of fused-ring (bicyclic) bond motifs is 1. The van der Waals surface area contributed by atoms with Gasteiger partial charge in [-0.15, -0.1) is 0 Å². The molecule has 0 saturated carbocycles. The van der Waals surface area contributed by atoms with Crippen LogP contribution in [0, 0.1) is 0 Å². The molecule has 1 aromatic carbocycles. The number of hydrogen-bond acceptors (Lipinski definition) is 1. The zero-order chi connectivity index (χ0) is 10.2. The van der Waals surface area contributed by atoms with Gasteiger partial charge in [-0.05, 0) is 17.5 Å². The summed E-state index contributed by atoms with van der Waals surface area (Å²) in [5.74, 6) is 0.847. The van der Waals surface area contributed by atoms with E-state index in [9.17, 15) is 0 Å². The fraction of sp³-hybridized carbons (Fsp3) is 0.333. The highest BCUT2D eigenvalue weighted by molar-refractivity contribution is 7.80. The van der Waals surface area contributed by atoms with Gasteiger partial charge in [-0.1, -0.05) is 32.0 Å². The predicted molar refractivity (Wildman–Crippen MR) is 65.2 cm³/mol. The van der Waals surface area contributed by atoms with Crippen LogP contribution in [0.2, 0.25) is 0 Å². The van der Waals surface area contributed by atoms with Gasteiger partial charge < -0.3 is 4.98 Å². The molecule has 0 aliphatic heterocycles. The quantitative estimate of drug-likeness (QED) is 0.699. The largest absolute Gasteiger partial charge is 0.358 e. The van der Waals surface area contributed by atoms with Crippen LogP contribution in [0.15, 0.2) is 30.3 Å². The summed E-state index contributed by atoms with van der Waals surface area (Å²) in [7, 11) is 0. The molecule has 2 aromatic rings. The number of thiol groups is 1. The van der Waals surface area contributed by atoms with Gasteiger partial charge in [-0.25, -0.2) is 0 Å². The Labute approximate surface area is 89.9 Å². The van der Waals surface area contributed by atoms with Crippen LogP contribution in [-0.2, 0) is 5.41 Å². The molecule has 0 unspecified atom stereocenters. The fourth-order valence-electron chi connectivity index (χ4n) is 1.52. The van der Waals surface area contributed by atoms with Crippen molar-refractivity contribution in [1.29, 1.82) is 0 Å². The SMILES string of the molecule is CC(C)(CS)c1cc2ccccc2[nH]1. The molecule has 1 heterocycles. The minimum Gasteiger partial charge on any atom is -0.358 e. The van der Waals surface area contributed by atoms with E-state index in [1.807, 2.05) is 0 Å². The molecule has 1 nitrogen and oxygen atoms in total. The normalized spacial score (nSPS) is 12.2. The lowest BCUT2D eigenvalue weighted by atomic mass is 9.92. The molecule has 2 heteroatoms. The number of para-hydroxylation sites is 1. The van der Waals surface area contributed by atoms with E-state index in [1.165, 1.54) is 16.6 Å². The van der Waals surface area contributed by atoms with Crippen molar-refractivity contribution in [3.63, 3.8) is 0 Å². The Kier molecular flexibility index (Phi) is 2.31. The minimum atomic E-state index is 0.113. The number of nitrogens with one attached hydrogen (secondary N) is 1. The molecule has 0 spiro atoms. The first-order chi connectivity index (χ1) is 6.63. The van der Waals surface area contributed by atoms with E-state index < -0.39 is 0 Å². The van der Waals surface area contributed by atoms with Crippen molar-refractivity contribution in [2.45, 2.75) is 19.3 Å². The van der Waals surface area contributed by atoms with Crippen molar-refractivity contribution in [1.82, 2.24) is 4.98 Å². The van der Waals surface area contributed by atoms with Crippen molar-refractivity contribution in [3.05, 3.63) is 36.0 Å². The second kappa shape index (κ2) is 3.35. The first-order valence-electron chi connectivity index (χ1n) is 4.82. The maximum atomic E-state index is 4.37. The van der Waals surface area contributed by atoms with Gasteiger partial charge >= 0.3 is 0 Å². The highest BCUT2D eigenvalue weighted by Crippen LogP contribution is 2.26. The third kappa shape index (κ3) is 1.55. The summed E-state index contributed by atoms with van der Waals surface area (Å²) < 4.78 is 0. The number of H-pyrrole nitrogens is 1. The van der Waals surface area contributed by atoms with E-state index in [1.54, 1.807) is 0 Å². The summed E-state index contributed by atoms with van der Waals surface area (Å²) in [6, 6.07) is 10.6. The molecule has 0 atom stereocenters. The topological polar surface area (TPSA) is 15.8 Å². The summed E-state index contributed by atoms with van der Waals surface area (Å²) in [6.45, 7) is 4.40. The highest BCUT2D eigenvalue weighted by Gasteiger charge is 2.20. The lowest BCUT2D eigenvalue weighted by Crippen LogP contribution is -2.19. The molecular weight excluding hydrogens is 190 g/mol. The Morgan fingerprint density at radius 1 is 1.29 bits per heavy atom. The minimum absolute atomic E-state index is 0.113. The van der Waals surface area contributed by atoms with Gasteiger partial charge in [0, 0.05) is 22.4 Å². The molecule has 0 aliphatic carbocycles. The molecule has 0 aliphatic rings. The summed E-state index contributed by atoms with van der Waals surface area (Å²) in [4.78, 5) is 3.44. The van der Waals surface area contributed by atoms with Gasteiger partial charge in [0.05, 0.1) is 0 Å². The third-order valence-electron chi connectivity index (χ3n) is 2.65. The molecule has 1 aromatic heterocycles. The van der Waals surface area contributed by atoms with Crippen molar-refractivity contribution >= 4 is 23.5 Å². The van der Waals surface area contributed by atoms with E-state index in [0.29, 0.717) is 0 Å². The maximum Gasteiger partial charge on any atom is 0.0456 e. The first kappa shape index (κ1) is 9.66. The molecule has 0 saturated heterocycles. The zero-order valence-corrected chi connectivity index (χ0v) is 9.44. The van der Waals surface area contributed by atoms with Crippen LogP contribution in [0.3, 0.4) is 0 Å². The van der Waals surface area contributed by atoms with Crippen molar-refractivity contribution in [3.8, 4) is 0 Å². The van der Waals surface area contributed by atoms with E-state index in [-0.39, 0.29) is 5.41 Å². The average Bonchev–Trinajstić information content (AvgIpc) is 2.61. The fourth-order valence-corrected chi connectivity index (χ4v) is 1.69. The maximum absolute atomic E-state index is 4.37. The molecule has 0 amide bonds. The second-order valence-electron chi connectivity index (χ2n) is 4.31. The lowest BCUT2D eigenvalue weighted by molar-refractivity contribution is 0.587. The molecule has 2 rings (SSSR count). The molecule has 74 valence electrons. The number of benzene rings is 1. The summed E-state index contributed by atoms with van der Waals surface area (Å²) >= 11 is 4.37. The van der Waals surface area contributed by atoms with Crippen molar-refractivity contribution in [2.75, 3.05) is 5.75 Å². The Morgan fingerprint density at radius 3 is 2.64 bits per heavy atom. The van der Waals surface area contributed by atoms with Crippen LogP contribution >= 0.6 is 12.6 Å². The van der Waals surface area contributed by atoms with Gasteiger partial charge in [0.2, 0.25) is 0 Å². The standard InChI is InChI=1S/C12H15NS/c1-12(2,8-14)11-7-9-5-3-4-6-10(9)13-11/h3-7,13-14H,8H2,1-2H3. The highest BCUT2D eigenvalue weighted by atomic mass is 32.1. The Hall–Kier alpha value is -0.890. The van der Waals surface area contributed by atoms with Crippen LogP contribution in [-0.4, -0.2) is 10.7 Å². The first-order valence-corrected chi connectivity index (χ1v) is 5.46. The molecule has 0 bridgehead atoms. The molecule has 1 N–H and O–H groups in total. The Balaban J connectivity index is 2.55. The smallest absolute Gasteiger partial charge is 0.0456 e. The third-order valence-corrected chi connectivity index (χ3v) is 3.44. The molecular formula is C12H15NS. The van der Waals surface area contributed by atoms with Crippen molar-refractivity contribution in [2.24, 2.45) is 0 Å². The van der Waals surface area contributed by atoms with Gasteiger partial charge in [0.15, 0.2) is 0 Å². The van der Waals surface area contributed by atoms with E-state index in [2.05, 4.69) is 61.8 Å². The van der Waals surface area contributed by atoms with Crippen LogP contribution < -0.4 is 0 Å². The Morgan fingerprint density at radius 2 is 2.00 bits per heavy atom. The summed E-state index contributed by atoms with van der Waals surface area (Å²) in [5, 5.41) is 1.28. The van der Waals surface area contributed by atoms with Crippen molar-refractivity contribution < 1.29 is 0 Å². The number of aromatic amines is 1. The number of rotatable bonds is 2. The summed E-state index contributed by atoms with van der Waals surface area (Å²) in [5.41, 5.74) is 2.58. The number of aromatic nitrogens is 1. The molecule has 14 heavy (non-hydrogen) atoms. The van der Waals surface area contributed by atoms with Gasteiger partial charge in [0.25, 0.3) is 0 Å². The Bertz CT molecular complexity index is 409. The zero-order valence-electron chi connectivity index (χ0n) is 8.54. The number of hydrogen-bond donors (Lipinski definition) is 2. The molecule has 0 fully saturated rings. The van der Waals surface area contributed by atoms with Crippen LogP contribution in [0.4, 0.5) is 0 Å². The van der Waals surface area contributed by atoms with Crippen LogP contribution in [0.1, 0.15) is 19.5 Å². The van der Waals surface area contributed by atoms with Crippen LogP contribution in [0.25, 0.3) is 10.9 Å².